The molecule has 3 N–H and O–H groups in total. The first-order chi connectivity index (χ1) is 8.15. The molecule has 1 aromatic carbocycles. The average Bonchev–Trinajstić information content (AvgIpc) is 2.26. The number of hydrogen-bond donors (Lipinski definition) is 2. The monoisotopic (exact) mass is 240 g/mol. The van der Waals surface area contributed by atoms with Crippen LogP contribution in [0.5, 0.6) is 0 Å². The van der Waals surface area contributed by atoms with Crippen molar-refractivity contribution in [2.45, 2.75) is 25.3 Å². The third-order valence-corrected chi connectivity index (χ3v) is 3.28. The molecule has 1 saturated carbocycles. The molecule has 0 unspecified atom stereocenters. The van der Waals surface area contributed by atoms with Crippen molar-refractivity contribution in [3.05, 3.63) is 35.4 Å². The minimum atomic E-state index is -0.787. The fourth-order valence-electron chi connectivity index (χ4n) is 2.19. The maximum absolute atomic E-state index is 12.9. The van der Waals surface area contributed by atoms with Gasteiger partial charge in [-0.25, -0.2) is 8.78 Å². The van der Waals surface area contributed by atoms with E-state index in [9.17, 15) is 8.78 Å². The van der Waals surface area contributed by atoms with Gasteiger partial charge in [0.2, 0.25) is 0 Å². The molecule has 94 valence electrons. The Bertz CT molecular complexity index is 376. The summed E-state index contributed by atoms with van der Waals surface area (Å²) in [4.78, 5) is 0. The molecule has 0 radical (unpaired) electrons. The molecule has 17 heavy (non-hydrogen) atoms. The van der Waals surface area contributed by atoms with Gasteiger partial charge >= 0.3 is 0 Å². The van der Waals surface area contributed by atoms with Crippen LogP contribution in [-0.2, 0) is 6.42 Å². The summed E-state index contributed by atoms with van der Waals surface area (Å²) in [5.41, 5.74) is 6.51. The highest BCUT2D eigenvalue weighted by Crippen LogP contribution is 2.24. The smallest absolute Gasteiger partial charge is 0.159 e. The molecule has 0 amide bonds. The zero-order valence-corrected chi connectivity index (χ0v) is 9.76. The van der Waals surface area contributed by atoms with Crippen LogP contribution in [0.15, 0.2) is 18.2 Å². The Labute approximate surface area is 100 Å². The van der Waals surface area contributed by atoms with Gasteiger partial charge in [0.1, 0.15) is 0 Å². The summed E-state index contributed by atoms with van der Waals surface area (Å²) in [5.74, 6) is -0.868. The van der Waals surface area contributed by atoms with Gasteiger partial charge in [0.15, 0.2) is 11.6 Å². The molecule has 0 aromatic heterocycles. The first-order valence-corrected chi connectivity index (χ1v) is 6.05. The van der Waals surface area contributed by atoms with E-state index in [0.717, 1.165) is 37.9 Å². The summed E-state index contributed by atoms with van der Waals surface area (Å²) in [6.07, 6.45) is 2.91. The third kappa shape index (κ3) is 3.48. The van der Waals surface area contributed by atoms with Gasteiger partial charge in [0.05, 0.1) is 0 Å². The van der Waals surface area contributed by atoms with E-state index >= 15 is 0 Å². The zero-order valence-electron chi connectivity index (χ0n) is 9.76. The number of nitrogens with two attached hydrogens (primary N) is 1. The molecule has 0 aliphatic heterocycles. The van der Waals surface area contributed by atoms with Crippen LogP contribution in [0.1, 0.15) is 18.4 Å². The maximum atomic E-state index is 12.9. The minimum Gasteiger partial charge on any atom is -0.328 e. The van der Waals surface area contributed by atoms with Crippen molar-refractivity contribution in [3.8, 4) is 0 Å². The molecule has 1 aliphatic carbocycles. The Kier molecular flexibility index (Phi) is 4.07. The summed E-state index contributed by atoms with van der Waals surface area (Å²) >= 11 is 0. The molecular weight excluding hydrogens is 222 g/mol. The van der Waals surface area contributed by atoms with Crippen molar-refractivity contribution in [2.75, 3.05) is 13.1 Å². The SMILES string of the molecule is NC1CC(CNCCc2ccc(F)c(F)c2)C1. The van der Waals surface area contributed by atoms with Crippen molar-refractivity contribution < 1.29 is 8.78 Å². The molecule has 1 aromatic rings. The predicted molar refractivity (Wildman–Crippen MR) is 63.6 cm³/mol. The Balaban J connectivity index is 1.66. The molecule has 4 heteroatoms. The van der Waals surface area contributed by atoms with E-state index in [2.05, 4.69) is 5.32 Å². The van der Waals surface area contributed by atoms with E-state index < -0.39 is 11.6 Å². The Morgan fingerprint density at radius 1 is 1.24 bits per heavy atom. The Hall–Kier alpha value is -1.00. The van der Waals surface area contributed by atoms with Crippen molar-refractivity contribution in [1.82, 2.24) is 5.32 Å². The van der Waals surface area contributed by atoms with Crippen LogP contribution in [0.4, 0.5) is 8.78 Å². The second-order valence-corrected chi connectivity index (χ2v) is 4.80. The van der Waals surface area contributed by atoms with E-state index in [-0.39, 0.29) is 0 Å². The van der Waals surface area contributed by atoms with Crippen molar-refractivity contribution in [3.63, 3.8) is 0 Å². The molecule has 1 aliphatic rings. The van der Waals surface area contributed by atoms with Crippen LogP contribution in [0, 0.1) is 17.6 Å². The largest absolute Gasteiger partial charge is 0.328 e. The minimum absolute atomic E-state index is 0.382. The van der Waals surface area contributed by atoms with Gasteiger partial charge in [-0.3, -0.25) is 0 Å². The summed E-state index contributed by atoms with van der Waals surface area (Å²) in [6.45, 7) is 1.76. The molecule has 0 spiro atoms. The summed E-state index contributed by atoms with van der Waals surface area (Å²) in [7, 11) is 0. The second-order valence-electron chi connectivity index (χ2n) is 4.80. The van der Waals surface area contributed by atoms with Crippen molar-refractivity contribution in [2.24, 2.45) is 11.7 Å². The zero-order chi connectivity index (χ0) is 12.3. The summed E-state index contributed by atoms with van der Waals surface area (Å²) < 4.78 is 25.6. The van der Waals surface area contributed by atoms with Crippen molar-refractivity contribution in [1.29, 1.82) is 0 Å². The first kappa shape index (κ1) is 12.5. The second kappa shape index (κ2) is 5.56. The number of halogens is 2. The van der Waals surface area contributed by atoms with Crippen LogP contribution in [-0.4, -0.2) is 19.1 Å². The van der Waals surface area contributed by atoms with Crippen LogP contribution in [0.2, 0.25) is 0 Å². The fraction of sp³-hybridized carbons (Fsp3) is 0.538. The highest BCUT2D eigenvalue weighted by molar-refractivity contribution is 5.18. The molecule has 2 nitrogen and oxygen atoms in total. The summed E-state index contributed by atoms with van der Waals surface area (Å²) in [5, 5.41) is 3.32. The number of hydrogen-bond acceptors (Lipinski definition) is 2. The third-order valence-electron chi connectivity index (χ3n) is 3.28. The molecule has 0 bridgehead atoms. The van der Waals surface area contributed by atoms with Gasteiger partial charge in [-0.1, -0.05) is 6.07 Å². The van der Waals surface area contributed by atoms with E-state index in [1.165, 1.54) is 12.1 Å². The summed E-state index contributed by atoms with van der Waals surface area (Å²) in [6, 6.07) is 4.44. The van der Waals surface area contributed by atoms with E-state index in [1.54, 1.807) is 6.07 Å². The van der Waals surface area contributed by atoms with Gasteiger partial charge in [-0.15, -0.1) is 0 Å². The number of benzene rings is 1. The lowest BCUT2D eigenvalue weighted by Crippen LogP contribution is -2.41. The number of nitrogens with one attached hydrogen (secondary N) is 1. The van der Waals surface area contributed by atoms with Crippen LogP contribution in [0.25, 0.3) is 0 Å². The van der Waals surface area contributed by atoms with Crippen molar-refractivity contribution >= 4 is 0 Å². The molecule has 0 heterocycles. The van der Waals surface area contributed by atoms with Crippen LogP contribution < -0.4 is 11.1 Å². The van der Waals surface area contributed by atoms with Gasteiger partial charge in [-0.2, -0.15) is 0 Å². The quantitative estimate of drug-likeness (QED) is 0.771. The average molecular weight is 240 g/mol. The highest BCUT2D eigenvalue weighted by Gasteiger charge is 2.24. The Morgan fingerprint density at radius 3 is 2.65 bits per heavy atom. The normalized spacial score (nSPS) is 23.5. The molecule has 2 rings (SSSR count). The van der Waals surface area contributed by atoms with Gasteiger partial charge in [-0.05, 0) is 56.0 Å². The Morgan fingerprint density at radius 2 is 2.00 bits per heavy atom. The highest BCUT2D eigenvalue weighted by atomic mass is 19.2. The molecule has 1 fully saturated rings. The lowest BCUT2D eigenvalue weighted by molar-refractivity contribution is 0.257. The van der Waals surface area contributed by atoms with E-state index in [0.29, 0.717) is 12.0 Å². The van der Waals surface area contributed by atoms with Crippen LogP contribution >= 0.6 is 0 Å². The first-order valence-electron chi connectivity index (χ1n) is 6.05. The molecular formula is C13H18F2N2. The number of rotatable bonds is 5. The maximum Gasteiger partial charge on any atom is 0.159 e. The predicted octanol–water partition coefficient (Wildman–Crippen LogP) is 1.83. The van der Waals surface area contributed by atoms with Gasteiger partial charge in [0.25, 0.3) is 0 Å². The van der Waals surface area contributed by atoms with Gasteiger partial charge < -0.3 is 11.1 Å². The fourth-order valence-corrected chi connectivity index (χ4v) is 2.19. The van der Waals surface area contributed by atoms with Crippen LogP contribution in [0.3, 0.4) is 0 Å². The molecule has 0 saturated heterocycles. The lowest BCUT2D eigenvalue weighted by atomic mass is 9.81. The topological polar surface area (TPSA) is 38.0 Å². The lowest BCUT2D eigenvalue weighted by Gasteiger charge is -2.32. The molecule has 0 atom stereocenters. The van der Waals surface area contributed by atoms with E-state index in [1.807, 2.05) is 0 Å². The standard InChI is InChI=1S/C13H18F2N2/c14-12-2-1-9(7-13(12)15)3-4-17-8-10-5-11(16)6-10/h1-2,7,10-11,17H,3-6,8,16H2. The van der Waals surface area contributed by atoms with E-state index in [4.69, 9.17) is 5.73 Å². The van der Waals surface area contributed by atoms with Gasteiger partial charge in [0, 0.05) is 6.04 Å².